The summed E-state index contributed by atoms with van der Waals surface area (Å²) in [6, 6.07) is 9.76. The van der Waals surface area contributed by atoms with Gasteiger partial charge in [0.05, 0.1) is 24.2 Å². The molecule has 1 N–H and O–H groups in total. The Bertz CT molecular complexity index is 1180. The van der Waals surface area contributed by atoms with Gasteiger partial charge >= 0.3 is 11.7 Å². The molecule has 27 heavy (non-hydrogen) atoms. The first-order chi connectivity index (χ1) is 12.9. The number of hydrogen-bond donors (Lipinski definition) is 1. The second-order valence-corrected chi connectivity index (χ2v) is 6.31. The standard InChI is InChI=1S/C18H14BrN3O5/c1-10(23)27-16-8-13(19)11(7-15(16)26-2)9-20-22-17(24)12-5-3-4-6-14(12)21-18(22)25/h3-9H,1-2H3,(H,21,25). The topological polar surface area (TPSA) is 103 Å². The lowest BCUT2D eigenvalue weighted by Gasteiger charge is -2.10. The maximum Gasteiger partial charge on any atom is 0.349 e. The zero-order valence-corrected chi connectivity index (χ0v) is 15.9. The first kappa shape index (κ1) is 18.6. The van der Waals surface area contributed by atoms with Crippen LogP contribution in [0.25, 0.3) is 10.9 Å². The Morgan fingerprint density at radius 3 is 2.67 bits per heavy atom. The van der Waals surface area contributed by atoms with Crippen molar-refractivity contribution < 1.29 is 14.3 Å². The number of fused-ring (bicyclic) bond motifs is 1. The van der Waals surface area contributed by atoms with E-state index in [1.165, 1.54) is 26.3 Å². The average Bonchev–Trinajstić information content (AvgIpc) is 2.62. The van der Waals surface area contributed by atoms with E-state index in [1.807, 2.05) is 0 Å². The van der Waals surface area contributed by atoms with Gasteiger partial charge in [0.25, 0.3) is 5.56 Å². The Kier molecular flexibility index (Phi) is 5.22. The molecule has 0 bridgehead atoms. The van der Waals surface area contributed by atoms with Gasteiger partial charge in [-0.15, -0.1) is 4.68 Å². The van der Waals surface area contributed by atoms with E-state index < -0.39 is 17.2 Å². The van der Waals surface area contributed by atoms with Crippen molar-refractivity contribution in [3.05, 3.63) is 67.3 Å². The third-order valence-corrected chi connectivity index (χ3v) is 4.32. The Balaban J connectivity index is 2.06. The van der Waals surface area contributed by atoms with Crippen molar-refractivity contribution in [3.63, 3.8) is 0 Å². The van der Waals surface area contributed by atoms with Crippen LogP contribution in [0.4, 0.5) is 0 Å². The summed E-state index contributed by atoms with van der Waals surface area (Å²) in [6.07, 6.45) is 1.33. The third-order valence-electron chi connectivity index (χ3n) is 3.63. The van der Waals surface area contributed by atoms with Crippen molar-refractivity contribution in [2.45, 2.75) is 6.92 Å². The van der Waals surface area contributed by atoms with Crippen molar-refractivity contribution in [1.29, 1.82) is 0 Å². The number of aromatic amines is 1. The van der Waals surface area contributed by atoms with Gasteiger partial charge in [0, 0.05) is 17.0 Å². The van der Waals surface area contributed by atoms with E-state index in [9.17, 15) is 14.4 Å². The van der Waals surface area contributed by atoms with E-state index >= 15 is 0 Å². The largest absolute Gasteiger partial charge is 0.493 e. The zero-order chi connectivity index (χ0) is 19.6. The minimum atomic E-state index is -0.658. The summed E-state index contributed by atoms with van der Waals surface area (Å²) in [5.74, 6) is 0.0419. The minimum Gasteiger partial charge on any atom is -0.493 e. The molecule has 0 saturated heterocycles. The molecule has 0 fully saturated rings. The SMILES string of the molecule is COc1cc(C=Nn2c(=O)[nH]c3ccccc3c2=O)c(Br)cc1OC(C)=O. The lowest BCUT2D eigenvalue weighted by atomic mass is 10.2. The fraction of sp³-hybridized carbons (Fsp3) is 0.111. The van der Waals surface area contributed by atoms with E-state index in [0.29, 0.717) is 26.7 Å². The highest BCUT2D eigenvalue weighted by Gasteiger charge is 2.12. The van der Waals surface area contributed by atoms with Crippen LogP contribution in [-0.4, -0.2) is 29.0 Å². The minimum absolute atomic E-state index is 0.231. The molecule has 3 aromatic rings. The number of esters is 1. The van der Waals surface area contributed by atoms with E-state index in [2.05, 4.69) is 26.0 Å². The van der Waals surface area contributed by atoms with Crippen molar-refractivity contribution in [1.82, 2.24) is 9.66 Å². The van der Waals surface area contributed by atoms with Crippen molar-refractivity contribution in [2.75, 3.05) is 7.11 Å². The van der Waals surface area contributed by atoms with Gasteiger partial charge in [-0.1, -0.05) is 12.1 Å². The Morgan fingerprint density at radius 1 is 1.22 bits per heavy atom. The van der Waals surface area contributed by atoms with E-state index in [4.69, 9.17) is 9.47 Å². The Morgan fingerprint density at radius 2 is 1.96 bits per heavy atom. The summed E-state index contributed by atoms with van der Waals surface area (Å²) in [7, 11) is 1.43. The smallest absolute Gasteiger partial charge is 0.349 e. The molecular weight excluding hydrogens is 418 g/mol. The van der Waals surface area contributed by atoms with Crippen LogP contribution in [0.3, 0.4) is 0 Å². The van der Waals surface area contributed by atoms with Gasteiger partial charge in [0.2, 0.25) is 0 Å². The lowest BCUT2D eigenvalue weighted by molar-refractivity contribution is -0.132. The summed E-state index contributed by atoms with van der Waals surface area (Å²) in [6.45, 7) is 1.28. The fourth-order valence-electron chi connectivity index (χ4n) is 2.42. The van der Waals surface area contributed by atoms with Crippen LogP contribution >= 0.6 is 15.9 Å². The van der Waals surface area contributed by atoms with E-state index in [-0.39, 0.29) is 5.75 Å². The predicted molar refractivity (Wildman–Crippen MR) is 104 cm³/mol. The fourth-order valence-corrected chi connectivity index (χ4v) is 2.85. The molecule has 0 amide bonds. The number of rotatable bonds is 4. The molecule has 8 nitrogen and oxygen atoms in total. The molecule has 1 aromatic heterocycles. The average molecular weight is 432 g/mol. The number of halogens is 1. The monoisotopic (exact) mass is 431 g/mol. The molecule has 0 radical (unpaired) electrons. The molecule has 138 valence electrons. The van der Waals surface area contributed by atoms with E-state index in [1.54, 1.807) is 30.3 Å². The highest BCUT2D eigenvalue weighted by Crippen LogP contribution is 2.33. The van der Waals surface area contributed by atoms with Crippen LogP contribution in [-0.2, 0) is 4.79 Å². The third kappa shape index (κ3) is 3.82. The molecule has 0 aliphatic heterocycles. The van der Waals surface area contributed by atoms with Crippen LogP contribution in [0.5, 0.6) is 11.5 Å². The number of carbonyl (C=O) groups is 1. The number of ether oxygens (including phenoxy) is 2. The van der Waals surface area contributed by atoms with Crippen LogP contribution < -0.4 is 20.7 Å². The van der Waals surface area contributed by atoms with Crippen LogP contribution in [0, 0.1) is 0 Å². The zero-order valence-electron chi connectivity index (χ0n) is 14.4. The summed E-state index contributed by atoms with van der Waals surface area (Å²) >= 11 is 3.34. The first-order valence-electron chi connectivity index (χ1n) is 7.75. The molecule has 9 heteroatoms. The Labute approximate surface area is 161 Å². The number of carbonyl (C=O) groups excluding carboxylic acids is 1. The maximum absolute atomic E-state index is 12.5. The molecule has 0 saturated carbocycles. The quantitative estimate of drug-likeness (QED) is 0.387. The van der Waals surface area contributed by atoms with Crippen molar-refractivity contribution >= 4 is 39.0 Å². The lowest BCUT2D eigenvalue weighted by Crippen LogP contribution is -2.32. The normalized spacial score (nSPS) is 11.1. The van der Waals surface area contributed by atoms with Gasteiger partial charge in [-0.2, -0.15) is 5.10 Å². The number of para-hydroxylation sites is 1. The number of methoxy groups -OCH3 is 1. The highest BCUT2D eigenvalue weighted by atomic mass is 79.9. The first-order valence-corrected chi connectivity index (χ1v) is 8.54. The number of aromatic nitrogens is 2. The number of H-pyrrole nitrogens is 1. The number of nitrogens with one attached hydrogen (secondary N) is 1. The summed E-state index contributed by atoms with van der Waals surface area (Å²) < 4.78 is 11.5. The molecule has 2 aromatic carbocycles. The second-order valence-electron chi connectivity index (χ2n) is 5.46. The number of nitrogens with zero attached hydrogens (tertiary/aromatic N) is 2. The van der Waals surface area contributed by atoms with Crippen LogP contribution in [0.15, 0.2) is 55.6 Å². The highest BCUT2D eigenvalue weighted by molar-refractivity contribution is 9.10. The molecule has 3 rings (SSSR count). The predicted octanol–water partition coefficient (Wildman–Crippen LogP) is 2.27. The molecule has 0 atom stereocenters. The molecule has 0 unspecified atom stereocenters. The molecular formula is C18H14BrN3O5. The van der Waals surface area contributed by atoms with Gasteiger partial charge in [-0.25, -0.2) is 4.79 Å². The number of hydrogen-bond acceptors (Lipinski definition) is 6. The van der Waals surface area contributed by atoms with Gasteiger partial charge in [0.1, 0.15) is 0 Å². The van der Waals surface area contributed by atoms with Crippen molar-refractivity contribution in [2.24, 2.45) is 5.10 Å². The molecule has 0 spiro atoms. The number of benzene rings is 2. The van der Waals surface area contributed by atoms with Gasteiger partial charge in [-0.3, -0.25) is 9.59 Å². The van der Waals surface area contributed by atoms with E-state index in [0.717, 1.165) is 4.68 Å². The molecule has 0 aliphatic rings. The van der Waals surface area contributed by atoms with Gasteiger partial charge in [0.15, 0.2) is 11.5 Å². The molecule has 0 aliphatic carbocycles. The van der Waals surface area contributed by atoms with Gasteiger partial charge in [-0.05, 0) is 40.2 Å². The van der Waals surface area contributed by atoms with Gasteiger partial charge < -0.3 is 14.5 Å². The second kappa shape index (κ2) is 7.58. The van der Waals surface area contributed by atoms with Crippen LogP contribution in [0.2, 0.25) is 0 Å². The van der Waals surface area contributed by atoms with Crippen molar-refractivity contribution in [3.8, 4) is 11.5 Å². The summed E-state index contributed by atoms with van der Waals surface area (Å²) in [4.78, 5) is 38.4. The van der Waals surface area contributed by atoms with Crippen LogP contribution in [0.1, 0.15) is 12.5 Å². The summed E-state index contributed by atoms with van der Waals surface area (Å²) in [5.41, 5.74) is -0.241. The Hall–Kier alpha value is -3.20. The maximum atomic E-state index is 12.5. The molecule has 1 heterocycles. The summed E-state index contributed by atoms with van der Waals surface area (Å²) in [5, 5.41) is 4.34.